The minimum Gasteiger partial charge on any atom is -0.463 e. The van der Waals surface area contributed by atoms with Crippen molar-refractivity contribution in [2.75, 3.05) is 37.1 Å². The fraction of sp³-hybridized carbons (Fsp3) is 0.889. The maximum atomic E-state index is 11.1. The van der Waals surface area contributed by atoms with E-state index in [2.05, 4.69) is 0 Å². The van der Waals surface area contributed by atoms with Gasteiger partial charge in [0.25, 0.3) is 0 Å². The minimum absolute atomic E-state index is 0.125. The van der Waals surface area contributed by atoms with E-state index in [0.29, 0.717) is 25.6 Å². The molecule has 3 nitrogen and oxygen atoms in total. The summed E-state index contributed by atoms with van der Waals surface area (Å²) < 4.78 is 10.0. The van der Waals surface area contributed by atoms with E-state index < -0.39 is 0 Å². The topological polar surface area (TPSA) is 35.5 Å². The molecule has 0 aromatic carbocycles. The van der Waals surface area contributed by atoms with Gasteiger partial charge < -0.3 is 9.47 Å². The fourth-order valence-electron chi connectivity index (χ4n) is 0.838. The molecule has 0 spiro atoms. The van der Waals surface area contributed by atoms with Crippen LogP contribution in [0.1, 0.15) is 6.92 Å². The molecule has 1 heterocycles. The van der Waals surface area contributed by atoms with Crippen molar-refractivity contribution in [3.8, 4) is 0 Å². The number of carbonyl (C=O) groups is 1. The molecule has 1 atom stereocenters. The van der Waals surface area contributed by atoms with Crippen LogP contribution in [0.2, 0.25) is 0 Å². The summed E-state index contributed by atoms with van der Waals surface area (Å²) in [6.45, 7) is 3.48. The first-order chi connectivity index (χ1) is 6.83. The quantitative estimate of drug-likeness (QED) is 0.362. The number of hydrogen-bond donors (Lipinski definition) is 0. The zero-order valence-corrected chi connectivity index (χ0v) is 9.99. The van der Waals surface area contributed by atoms with E-state index >= 15 is 0 Å². The maximum absolute atomic E-state index is 11.1. The van der Waals surface area contributed by atoms with Gasteiger partial charge in [-0.1, -0.05) is 0 Å². The molecule has 1 unspecified atom stereocenters. The molecule has 0 aromatic heterocycles. The Morgan fingerprint density at radius 3 is 3.00 bits per heavy atom. The first kappa shape index (κ1) is 12.2. The molecule has 1 aliphatic rings. The number of hydrogen-bond acceptors (Lipinski definition) is 5. The van der Waals surface area contributed by atoms with Gasteiger partial charge in [-0.05, 0) is 6.92 Å². The summed E-state index contributed by atoms with van der Waals surface area (Å²) in [6.07, 6.45) is 0. The molecular weight excluding hydrogens is 220 g/mol. The number of rotatable bonds is 8. The lowest BCUT2D eigenvalue weighted by molar-refractivity contribution is -0.141. The molecule has 1 rings (SSSR count). The van der Waals surface area contributed by atoms with E-state index in [1.807, 2.05) is 18.7 Å². The van der Waals surface area contributed by atoms with E-state index in [-0.39, 0.29) is 5.97 Å². The second-order valence-electron chi connectivity index (χ2n) is 2.89. The van der Waals surface area contributed by atoms with Crippen molar-refractivity contribution in [3.05, 3.63) is 0 Å². The lowest BCUT2D eigenvalue weighted by Crippen LogP contribution is -2.12. The Morgan fingerprint density at radius 1 is 1.57 bits per heavy atom. The van der Waals surface area contributed by atoms with Crippen LogP contribution in [0.15, 0.2) is 0 Å². The van der Waals surface area contributed by atoms with E-state index in [4.69, 9.17) is 9.47 Å². The van der Waals surface area contributed by atoms with Gasteiger partial charge in [0.15, 0.2) is 0 Å². The molecule has 0 aromatic rings. The predicted molar refractivity (Wildman–Crippen MR) is 61.0 cm³/mol. The smallest absolute Gasteiger partial charge is 0.315 e. The zero-order chi connectivity index (χ0) is 10.2. The third-order valence-corrected chi connectivity index (χ3v) is 3.88. The third-order valence-electron chi connectivity index (χ3n) is 1.62. The van der Waals surface area contributed by atoms with Crippen molar-refractivity contribution in [1.82, 2.24) is 0 Å². The number of ether oxygens (including phenoxy) is 2. The second kappa shape index (κ2) is 7.43. The largest absolute Gasteiger partial charge is 0.463 e. The van der Waals surface area contributed by atoms with Crippen LogP contribution in [0.4, 0.5) is 0 Å². The second-order valence-corrected chi connectivity index (χ2v) is 5.25. The Bertz CT molecular complexity index is 171. The number of esters is 1. The highest BCUT2D eigenvalue weighted by Crippen LogP contribution is 2.32. The highest BCUT2D eigenvalue weighted by atomic mass is 32.2. The predicted octanol–water partition coefficient (Wildman–Crippen LogP) is 1.41. The van der Waals surface area contributed by atoms with Gasteiger partial charge in [-0.25, -0.2) is 0 Å². The summed E-state index contributed by atoms with van der Waals surface area (Å²) in [5.41, 5.74) is 0. The van der Waals surface area contributed by atoms with Crippen molar-refractivity contribution < 1.29 is 14.3 Å². The molecule has 0 bridgehead atoms. The normalized spacial score (nSPS) is 19.4. The molecule has 0 saturated carbocycles. The molecule has 0 N–H and O–H groups in total. The zero-order valence-electron chi connectivity index (χ0n) is 8.36. The van der Waals surface area contributed by atoms with E-state index in [9.17, 15) is 4.79 Å². The van der Waals surface area contributed by atoms with Gasteiger partial charge >= 0.3 is 5.97 Å². The fourth-order valence-corrected chi connectivity index (χ4v) is 2.66. The minimum atomic E-state index is -0.125. The van der Waals surface area contributed by atoms with Crippen molar-refractivity contribution in [2.24, 2.45) is 0 Å². The van der Waals surface area contributed by atoms with Crippen LogP contribution in [-0.2, 0) is 14.3 Å². The van der Waals surface area contributed by atoms with Gasteiger partial charge in [0.2, 0.25) is 0 Å². The van der Waals surface area contributed by atoms with E-state index in [0.717, 1.165) is 11.0 Å². The highest BCUT2D eigenvalue weighted by Gasteiger charge is 2.22. The van der Waals surface area contributed by atoms with Gasteiger partial charge in [0.05, 0.1) is 12.4 Å². The van der Waals surface area contributed by atoms with Crippen LogP contribution in [0.5, 0.6) is 0 Å². The van der Waals surface area contributed by atoms with Crippen LogP contribution in [-0.4, -0.2) is 48.3 Å². The first-order valence-electron chi connectivity index (χ1n) is 4.75. The average Bonchev–Trinajstić information content (AvgIpc) is 2.96. The van der Waals surface area contributed by atoms with E-state index in [1.165, 1.54) is 5.75 Å². The summed E-state index contributed by atoms with van der Waals surface area (Å²) in [7, 11) is 0. The molecular formula is C9H16O3S2. The van der Waals surface area contributed by atoms with Crippen LogP contribution in [0.3, 0.4) is 0 Å². The Balaban J connectivity index is 1.82. The van der Waals surface area contributed by atoms with Crippen LogP contribution >= 0.6 is 23.5 Å². The molecule has 0 amide bonds. The molecule has 1 aliphatic heterocycles. The average molecular weight is 236 g/mol. The SMILES string of the molecule is CCOCCOC(=O)CSCC1CS1. The Labute approximate surface area is 93.3 Å². The van der Waals surface area contributed by atoms with Crippen LogP contribution in [0.25, 0.3) is 0 Å². The van der Waals surface area contributed by atoms with Crippen molar-refractivity contribution in [2.45, 2.75) is 12.2 Å². The summed E-state index contributed by atoms with van der Waals surface area (Å²) >= 11 is 3.61. The Hall–Kier alpha value is 0.130. The lowest BCUT2D eigenvalue weighted by atomic mass is 10.6. The Kier molecular flexibility index (Phi) is 6.47. The van der Waals surface area contributed by atoms with Crippen molar-refractivity contribution in [1.29, 1.82) is 0 Å². The van der Waals surface area contributed by atoms with Gasteiger partial charge in [-0.3, -0.25) is 4.79 Å². The standard InChI is InChI=1S/C9H16O3S2/c1-2-11-3-4-12-9(10)7-13-5-8-6-14-8/h8H,2-7H2,1H3. The molecule has 0 aliphatic carbocycles. The van der Waals surface area contributed by atoms with Crippen LogP contribution < -0.4 is 0 Å². The van der Waals surface area contributed by atoms with Crippen molar-refractivity contribution >= 4 is 29.5 Å². The Morgan fingerprint density at radius 2 is 2.36 bits per heavy atom. The molecule has 82 valence electrons. The molecule has 14 heavy (non-hydrogen) atoms. The third kappa shape index (κ3) is 6.56. The first-order valence-corrected chi connectivity index (χ1v) is 6.96. The monoisotopic (exact) mass is 236 g/mol. The molecule has 1 fully saturated rings. The highest BCUT2D eigenvalue weighted by molar-refractivity contribution is 8.08. The summed E-state index contributed by atoms with van der Waals surface area (Å²) in [4.78, 5) is 11.1. The van der Waals surface area contributed by atoms with Crippen LogP contribution in [0, 0.1) is 0 Å². The van der Waals surface area contributed by atoms with Gasteiger partial charge in [-0.15, -0.1) is 11.8 Å². The number of thioether (sulfide) groups is 2. The molecule has 0 radical (unpaired) electrons. The molecule has 5 heteroatoms. The van der Waals surface area contributed by atoms with Gasteiger partial charge in [-0.2, -0.15) is 11.8 Å². The van der Waals surface area contributed by atoms with Gasteiger partial charge in [0.1, 0.15) is 6.61 Å². The maximum Gasteiger partial charge on any atom is 0.315 e. The lowest BCUT2D eigenvalue weighted by Gasteiger charge is -2.04. The van der Waals surface area contributed by atoms with Gasteiger partial charge in [0, 0.05) is 23.4 Å². The summed E-state index contributed by atoms with van der Waals surface area (Å²) in [5.74, 6) is 2.68. The summed E-state index contributed by atoms with van der Waals surface area (Å²) in [6, 6.07) is 0. The van der Waals surface area contributed by atoms with E-state index in [1.54, 1.807) is 11.8 Å². The summed E-state index contributed by atoms with van der Waals surface area (Å²) in [5, 5.41) is 0.788. The van der Waals surface area contributed by atoms with Crippen molar-refractivity contribution in [3.63, 3.8) is 0 Å². The molecule has 1 saturated heterocycles. The number of carbonyl (C=O) groups excluding carboxylic acids is 1.